The molecule has 3 heterocycles. The van der Waals surface area contributed by atoms with Crippen molar-refractivity contribution in [3.05, 3.63) is 65.4 Å². The van der Waals surface area contributed by atoms with Gasteiger partial charge in [0.25, 0.3) is 5.91 Å². The van der Waals surface area contributed by atoms with Gasteiger partial charge in [0.05, 0.1) is 16.0 Å². The number of carbonyl (C=O) groups excluding carboxylic acids is 2. The minimum absolute atomic E-state index is 0.113. The summed E-state index contributed by atoms with van der Waals surface area (Å²) in [5, 5.41) is 1.96. The molecule has 0 spiro atoms. The molecule has 2 aromatic heterocycles. The zero-order valence-corrected chi connectivity index (χ0v) is 18.5. The summed E-state index contributed by atoms with van der Waals surface area (Å²) >= 11 is 3.27. The van der Waals surface area contributed by atoms with Crippen LogP contribution in [0.1, 0.15) is 15.6 Å². The molecule has 1 saturated heterocycles. The number of fused-ring (bicyclic) bond motifs is 2. The largest absolute Gasteiger partial charge is 0.451 e. The number of rotatable bonds is 5. The molecule has 0 radical (unpaired) electrons. The van der Waals surface area contributed by atoms with Gasteiger partial charge in [-0.05, 0) is 24.3 Å². The van der Waals surface area contributed by atoms with Crippen molar-refractivity contribution in [1.29, 1.82) is 0 Å². The predicted octanol–water partition coefficient (Wildman–Crippen LogP) is 4.26. The van der Waals surface area contributed by atoms with Crippen LogP contribution in [0.5, 0.6) is 0 Å². The summed E-state index contributed by atoms with van der Waals surface area (Å²) in [5.74, 6) is 1.51. The number of hydrogen-bond acceptors (Lipinski definition) is 6. The Bertz CT molecular complexity index is 1180. The Morgan fingerprint density at radius 3 is 2.55 bits per heavy atom. The Balaban J connectivity index is 1.11. The van der Waals surface area contributed by atoms with E-state index in [0.717, 1.165) is 21.7 Å². The molecule has 1 fully saturated rings. The number of amides is 2. The van der Waals surface area contributed by atoms with E-state index >= 15 is 0 Å². The Labute approximate surface area is 187 Å². The summed E-state index contributed by atoms with van der Waals surface area (Å²) in [7, 11) is 0. The van der Waals surface area contributed by atoms with E-state index in [0.29, 0.717) is 43.3 Å². The van der Waals surface area contributed by atoms with Crippen LogP contribution in [0.3, 0.4) is 0 Å². The van der Waals surface area contributed by atoms with Crippen molar-refractivity contribution in [1.82, 2.24) is 14.8 Å². The standard InChI is InChI=1S/C23H21N3O3S2/c27-22(15-30-14-21-24-17-6-2-4-8-20(17)31-21)25-9-11-26(12-10-25)23(28)19-13-16-5-1-3-7-18(16)29-19/h1-8,13H,9-12,14-15H2. The van der Waals surface area contributed by atoms with Gasteiger partial charge in [-0.2, -0.15) is 0 Å². The number of thiazole rings is 1. The molecular formula is C23H21N3O3S2. The highest BCUT2D eigenvalue weighted by Crippen LogP contribution is 2.25. The number of thioether (sulfide) groups is 1. The van der Waals surface area contributed by atoms with Crippen LogP contribution in [0.15, 0.2) is 59.0 Å². The van der Waals surface area contributed by atoms with Gasteiger partial charge in [-0.15, -0.1) is 23.1 Å². The third-order valence-corrected chi connectivity index (χ3v) is 7.49. The topological polar surface area (TPSA) is 66.7 Å². The van der Waals surface area contributed by atoms with Gasteiger partial charge in [-0.1, -0.05) is 30.3 Å². The van der Waals surface area contributed by atoms with Crippen LogP contribution < -0.4 is 0 Å². The minimum atomic E-state index is -0.117. The van der Waals surface area contributed by atoms with Gasteiger partial charge in [-0.25, -0.2) is 4.98 Å². The summed E-state index contributed by atoms with van der Waals surface area (Å²) in [5.41, 5.74) is 1.73. The molecule has 0 N–H and O–H groups in total. The van der Waals surface area contributed by atoms with E-state index in [1.165, 1.54) is 4.70 Å². The molecule has 0 unspecified atom stereocenters. The maximum Gasteiger partial charge on any atom is 0.289 e. The van der Waals surface area contributed by atoms with Gasteiger partial charge >= 0.3 is 0 Å². The second-order valence-corrected chi connectivity index (χ2v) is 9.49. The summed E-state index contributed by atoms with van der Waals surface area (Å²) < 4.78 is 6.87. The number of nitrogens with zero attached hydrogens (tertiary/aromatic N) is 3. The van der Waals surface area contributed by atoms with Gasteiger partial charge in [0.2, 0.25) is 5.91 Å². The zero-order chi connectivity index (χ0) is 21.2. The Morgan fingerprint density at radius 1 is 1.00 bits per heavy atom. The van der Waals surface area contributed by atoms with E-state index in [-0.39, 0.29) is 11.8 Å². The van der Waals surface area contributed by atoms with Crippen molar-refractivity contribution in [3.63, 3.8) is 0 Å². The van der Waals surface area contributed by atoms with Gasteiger partial charge in [0.15, 0.2) is 5.76 Å². The molecule has 0 bridgehead atoms. The maximum absolute atomic E-state index is 12.8. The van der Waals surface area contributed by atoms with Crippen molar-refractivity contribution in [3.8, 4) is 0 Å². The van der Waals surface area contributed by atoms with Gasteiger partial charge < -0.3 is 14.2 Å². The van der Waals surface area contributed by atoms with E-state index in [2.05, 4.69) is 11.1 Å². The van der Waals surface area contributed by atoms with Crippen molar-refractivity contribution in [2.75, 3.05) is 31.9 Å². The van der Waals surface area contributed by atoms with E-state index in [4.69, 9.17) is 4.42 Å². The molecule has 0 aliphatic carbocycles. The molecule has 2 aromatic carbocycles. The fourth-order valence-corrected chi connectivity index (χ4v) is 5.65. The van der Waals surface area contributed by atoms with Crippen LogP contribution in [0.2, 0.25) is 0 Å². The first-order valence-corrected chi connectivity index (χ1v) is 12.1. The molecule has 0 atom stereocenters. The molecule has 8 heteroatoms. The highest BCUT2D eigenvalue weighted by atomic mass is 32.2. The molecule has 31 heavy (non-hydrogen) atoms. The second kappa shape index (κ2) is 8.72. The molecule has 5 rings (SSSR count). The van der Waals surface area contributed by atoms with Crippen LogP contribution in [0.4, 0.5) is 0 Å². The molecule has 4 aromatic rings. The Kier molecular flexibility index (Phi) is 5.65. The van der Waals surface area contributed by atoms with E-state index in [1.807, 2.05) is 47.4 Å². The molecule has 6 nitrogen and oxygen atoms in total. The number of benzene rings is 2. The third-order valence-electron chi connectivity index (χ3n) is 5.35. The number of carbonyl (C=O) groups is 2. The lowest BCUT2D eigenvalue weighted by atomic mass is 10.2. The highest BCUT2D eigenvalue weighted by Gasteiger charge is 2.26. The highest BCUT2D eigenvalue weighted by molar-refractivity contribution is 7.99. The van der Waals surface area contributed by atoms with Crippen LogP contribution >= 0.6 is 23.1 Å². The monoisotopic (exact) mass is 451 g/mol. The maximum atomic E-state index is 12.8. The first-order valence-electron chi connectivity index (χ1n) is 10.2. The Hall–Kier alpha value is -2.84. The molecule has 1 aliphatic rings. The summed E-state index contributed by atoms with van der Waals surface area (Å²) in [4.78, 5) is 33.6. The zero-order valence-electron chi connectivity index (χ0n) is 16.8. The fraction of sp³-hybridized carbons (Fsp3) is 0.261. The number of furan rings is 1. The number of para-hydroxylation sites is 2. The first kappa shape index (κ1) is 20.1. The smallest absolute Gasteiger partial charge is 0.289 e. The lowest BCUT2D eigenvalue weighted by molar-refractivity contribution is -0.129. The van der Waals surface area contributed by atoms with Crippen molar-refractivity contribution < 1.29 is 14.0 Å². The minimum Gasteiger partial charge on any atom is -0.451 e. The van der Waals surface area contributed by atoms with Crippen LogP contribution in [-0.2, 0) is 10.5 Å². The predicted molar refractivity (Wildman–Crippen MR) is 124 cm³/mol. The molecule has 2 amide bonds. The second-order valence-electron chi connectivity index (χ2n) is 7.39. The number of aromatic nitrogens is 1. The normalized spacial score (nSPS) is 14.5. The number of hydrogen-bond donors (Lipinski definition) is 0. The van der Waals surface area contributed by atoms with Crippen LogP contribution in [0, 0.1) is 0 Å². The van der Waals surface area contributed by atoms with Gasteiger partial charge in [0, 0.05) is 37.3 Å². The third kappa shape index (κ3) is 4.31. The van der Waals surface area contributed by atoms with Crippen LogP contribution in [0.25, 0.3) is 21.2 Å². The summed E-state index contributed by atoms with van der Waals surface area (Å²) in [6, 6.07) is 17.5. The van der Waals surface area contributed by atoms with Gasteiger partial charge in [0.1, 0.15) is 10.6 Å². The fourth-order valence-electron chi connectivity index (χ4n) is 3.70. The van der Waals surface area contributed by atoms with Crippen LogP contribution in [-0.4, -0.2) is 58.5 Å². The summed E-state index contributed by atoms with van der Waals surface area (Å²) in [6.07, 6.45) is 0. The van der Waals surface area contributed by atoms with Gasteiger partial charge in [-0.3, -0.25) is 9.59 Å². The van der Waals surface area contributed by atoms with Crippen molar-refractivity contribution in [2.24, 2.45) is 0 Å². The molecule has 1 aliphatic heterocycles. The van der Waals surface area contributed by atoms with E-state index in [9.17, 15) is 9.59 Å². The summed E-state index contributed by atoms with van der Waals surface area (Å²) in [6.45, 7) is 2.13. The Morgan fingerprint density at radius 2 is 1.74 bits per heavy atom. The van der Waals surface area contributed by atoms with E-state index < -0.39 is 0 Å². The lowest BCUT2D eigenvalue weighted by Gasteiger charge is -2.34. The molecule has 0 saturated carbocycles. The molecule has 158 valence electrons. The quantitative estimate of drug-likeness (QED) is 0.454. The van der Waals surface area contributed by atoms with E-state index in [1.54, 1.807) is 34.1 Å². The van der Waals surface area contributed by atoms with Crippen molar-refractivity contribution >= 4 is 56.1 Å². The first-order chi connectivity index (χ1) is 15.2. The average molecular weight is 452 g/mol. The molecular weight excluding hydrogens is 430 g/mol. The SMILES string of the molecule is O=C(CSCc1nc2ccccc2s1)N1CCN(C(=O)c2cc3ccccc3o2)CC1. The number of piperazine rings is 1. The average Bonchev–Trinajstić information content (AvgIpc) is 3.42. The van der Waals surface area contributed by atoms with Crippen molar-refractivity contribution in [2.45, 2.75) is 5.75 Å². The lowest BCUT2D eigenvalue weighted by Crippen LogP contribution is -2.51.